The minimum Gasteiger partial charge on any atom is -0.268 e. The fraction of sp³-hybridized carbons (Fsp3) is 0.478. The monoisotopic (exact) mass is 429 g/mol. The van der Waals surface area contributed by atoms with E-state index in [9.17, 15) is 13.2 Å². The van der Waals surface area contributed by atoms with Crippen molar-refractivity contribution in [2.75, 3.05) is 0 Å². The maximum Gasteiger partial charge on any atom is 0.263 e. The highest BCUT2D eigenvalue weighted by Crippen LogP contribution is 2.20. The van der Waals surface area contributed by atoms with Gasteiger partial charge in [-0.25, -0.2) is 13.1 Å². The topological polar surface area (TPSA) is 80.5 Å². The summed E-state index contributed by atoms with van der Waals surface area (Å²) in [5.41, 5.74) is 1.06. The second kappa shape index (κ2) is 8.86. The van der Waals surface area contributed by atoms with Gasteiger partial charge in [-0.05, 0) is 70.4 Å². The number of hydrogen-bond donors (Lipinski definition) is 1. The molecule has 0 atom stereocenters. The highest BCUT2D eigenvalue weighted by molar-refractivity contribution is 7.89. The molecule has 6 nitrogen and oxygen atoms in total. The Hall–Kier alpha value is -2.25. The molecule has 1 aromatic carbocycles. The average Bonchev–Trinajstić information content (AvgIpc) is 2.67. The number of aryl methyl sites for hydroxylation is 1. The van der Waals surface area contributed by atoms with Crippen molar-refractivity contribution in [3.63, 3.8) is 0 Å². The molecule has 1 aliphatic carbocycles. The molecule has 0 bridgehead atoms. The van der Waals surface area contributed by atoms with Crippen molar-refractivity contribution in [1.29, 1.82) is 0 Å². The number of aromatic nitrogens is 1. The predicted molar refractivity (Wildman–Crippen MR) is 118 cm³/mol. The van der Waals surface area contributed by atoms with Crippen LogP contribution in [-0.4, -0.2) is 30.5 Å². The Bertz CT molecular complexity index is 1090. The normalized spacial score (nSPS) is 16.6. The summed E-state index contributed by atoms with van der Waals surface area (Å²) in [7, 11) is -3.74. The molecule has 0 aliphatic heterocycles. The predicted octanol–water partition coefficient (Wildman–Crippen LogP) is 3.80. The van der Waals surface area contributed by atoms with Gasteiger partial charge in [-0.1, -0.05) is 31.4 Å². The number of nitrogens with one attached hydrogen (secondary N) is 1. The van der Waals surface area contributed by atoms with Crippen LogP contribution < -0.4 is 10.2 Å². The van der Waals surface area contributed by atoms with Gasteiger partial charge in [0.25, 0.3) is 5.91 Å². The molecule has 0 radical (unpaired) electrons. The van der Waals surface area contributed by atoms with Crippen molar-refractivity contribution in [1.82, 2.24) is 9.29 Å². The maximum absolute atomic E-state index is 13.4. The molecule has 1 aromatic heterocycles. The zero-order chi connectivity index (χ0) is 21.9. The zero-order valence-electron chi connectivity index (χ0n) is 18.2. The molecule has 1 saturated carbocycles. The summed E-state index contributed by atoms with van der Waals surface area (Å²) in [5, 5.41) is 0. The first-order valence-corrected chi connectivity index (χ1v) is 12.0. The minimum absolute atomic E-state index is 0.0775. The van der Waals surface area contributed by atoms with Crippen molar-refractivity contribution in [3.8, 4) is 0 Å². The molecule has 1 fully saturated rings. The van der Waals surface area contributed by atoms with Gasteiger partial charge in [-0.2, -0.15) is 0 Å². The molecule has 7 heteroatoms. The molecule has 1 N–H and O–H groups in total. The number of carbonyl (C=O) groups excluding carboxylic acids is 1. The third kappa shape index (κ3) is 5.46. The first kappa shape index (κ1) is 22.4. The molecule has 1 heterocycles. The van der Waals surface area contributed by atoms with Gasteiger partial charge in [0.05, 0.1) is 10.9 Å². The van der Waals surface area contributed by atoms with Crippen molar-refractivity contribution in [2.24, 2.45) is 4.99 Å². The van der Waals surface area contributed by atoms with Gasteiger partial charge >= 0.3 is 0 Å². The van der Waals surface area contributed by atoms with Crippen LogP contribution in [0.1, 0.15) is 68.8 Å². The smallest absolute Gasteiger partial charge is 0.263 e. The van der Waals surface area contributed by atoms with E-state index in [4.69, 9.17) is 4.99 Å². The highest BCUT2D eigenvalue weighted by Gasteiger charge is 2.24. The van der Waals surface area contributed by atoms with E-state index in [-0.39, 0.29) is 16.8 Å². The fourth-order valence-corrected chi connectivity index (χ4v) is 5.14. The SMILES string of the molecule is Cc1ccc(S(=O)(=O)NC(C)(C)C)cc1C(=O)n1ccccc1=NC1CCCCC1. The molecular weight excluding hydrogens is 398 g/mol. The maximum atomic E-state index is 13.4. The fourth-order valence-electron chi connectivity index (χ4n) is 3.70. The summed E-state index contributed by atoms with van der Waals surface area (Å²) in [6.45, 7) is 7.15. The Morgan fingerprint density at radius 1 is 1.10 bits per heavy atom. The summed E-state index contributed by atoms with van der Waals surface area (Å²) < 4.78 is 29.7. The zero-order valence-corrected chi connectivity index (χ0v) is 19.0. The summed E-state index contributed by atoms with van der Waals surface area (Å²) in [5.74, 6) is -0.282. The van der Waals surface area contributed by atoms with Crippen molar-refractivity contribution < 1.29 is 13.2 Å². The Kier molecular flexibility index (Phi) is 6.62. The van der Waals surface area contributed by atoms with Gasteiger partial charge in [-0.3, -0.25) is 14.4 Å². The second-order valence-electron chi connectivity index (χ2n) is 8.99. The number of pyridine rings is 1. The van der Waals surface area contributed by atoms with Crippen LogP contribution in [0.4, 0.5) is 0 Å². The lowest BCUT2D eigenvalue weighted by molar-refractivity contribution is 0.0953. The lowest BCUT2D eigenvalue weighted by atomic mass is 9.96. The van der Waals surface area contributed by atoms with Gasteiger partial charge in [0, 0.05) is 17.3 Å². The third-order valence-electron chi connectivity index (χ3n) is 5.14. The van der Waals surface area contributed by atoms with E-state index in [0.717, 1.165) is 31.2 Å². The molecule has 2 aromatic rings. The van der Waals surface area contributed by atoms with Gasteiger partial charge in [0.1, 0.15) is 5.49 Å². The van der Waals surface area contributed by atoms with Gasteiger partial charge < -0.3 is 0 Å². The van der Waals surface area contributed by atoms with Crippen LogP contribution in [0.5, 0.6) is 0 Å². The van der Waals surface area contributed by atoms with Crippen LogP contribution in [0.2, 0.25) is 0 Å². The van der Waals surface area contributed by atoms with Crippen molar-refractivity contribution in [3.05, 3.63) is 59.2 Å². The number of hydrogen-bond acceptors (Lipinski definition) is 4. The van der Waals surface area contributed by atoms with Crippen LogP contribution in [0.15, 0.2) is 52.5 Å². The first-order chi connectivity index (χ1) is 14.1. The van der Waals surface area contributed by atoms with E-state index in [1.807, 2.05) is 19.1 Å². The van der Waals surface area contributed by atoms with Crippen LogP contribution in [0.3, 0.4) is 0 Å². The molecule has 30 heavy (non-hydrogen) atoms. The lowest BCUT2D eigenvalue weighted by Gasteiger charge is -2.21. The lowest BCUT2D eigenvalue weighted by Crippen LogP contribution is -2.40. The van der Waals surface area contributed by atoms with E-state index in [1.54, 1.807) is 39.1 Å². The van der Waals surface area contributed by atoms with E-state index >= 15 is 0 Å². The molecular formula is C23H31N3O3S. The van der Waals surface area contributed by atoms with E-state index in [1.165, 1.54) is 23.1 Å². The number of nitrogens with zero attached hydrogens (tertiary/aromatic N) is 2. The van der Waals surface area contributed by atoms with E-state index in [0.29, 0.717) is 11.1 Å². The van der Waals surface area contributed by atoms with Crippen LogP contribution >= 0.6 is 0 Å². The first-order valence-electron chi connectivity index (χ1n) is 10.5. The summed E-state index contributed by atoms with van der Waals surface area (Å²) >= 11 is 0. The largest absolute Gasteiger partial charge is 0.268 e. The van der Waals surface area contributed by atoms with Crippen molar-refractivity contribution >= 4 is 15.9 Å². The number of carbonyl (C=O) groups is 1. The Labute approximate surface area is 179 Å². The van der Waals surface area contributed by atoms with E-state index < -0.39 is 15.6 Å². The Balaban J connectivity index is 2.01. The van der Waals surface area contributed by atoms with Crippen LogP contribution in [0, 0.1) is 6.92 Å². The van der Waals surface area contributed by atoms with Crippen molar-refractivity contribution in [2.45, 2.75) is 76.3 Å². The minimum atomic E-state index is -3.74. The number of benzene rings is 1. The van der Waals surface area contributed by atoms with Crippen LogP contribution in [0.25, 0.3) is 0 Å². The van der Waals surface area contributed by atoms with E-state index in [2.05, 4.69) is 4.72 Å². The molecule has 162 valence electrons. The molecule has 0 saturated heterocycles. The summed E-state index contributed by atoms with van der Waals surface area (Å²) in [6.07, 6.45) is 7.33. The number of sulfonamides is 1. The average molecular weight is 430 g/mol. The quantitative estimate of drug-likeness (QED) is 0.803. The molecule has 3 rings (SSSR count). The third-order valence-corrected chi connectivity index (χ3v) is 6.89. The summed E-state index contributed by atoms with van der Waals surface area (Å²) in [6, 6.07) is 10.4. The molecule has 1 aliphatic rings. The Morgan fingerprint density at radius 2 is 1.80 bits per heavy atom. The second-order valence-corrected chi connectivity index (χ2v) is 10.7. The Morgan fingerprint density at radius 3 is 2.47 bits per heavy atom. The van der Waals surface area contributed by atoms with Gasteiger partial charge in [0.15, 0.2) is 0 Å². The van der Waals surface area contributed by atoms with Gasteiger partial charge in [0.2, 0.25) is 10.0 Å². The molecule has 0 unspecified atom stereocenters. The molecule has 0 amide bonds. The highest BCUT2D eigenvalue weighted by atomic mass is 32.2. The standard InChI is InChI=1S/C23H31N3O3S/c1-17-13-14-19(30(28,29)25-23(2,3)4)16-20(17)22(27)26-15-9-8-12-21(26)24-18-10-6-5-7-11-18/h8-9,12-16,18,25H,5-7,10-11H2,1-4H3. The number of rotatable bonds is 4. The summed E-state index contributed by atoms with van der Waals surface area (Å²) in [4.78, 5) is 18.3. The van der Waals surface area contributed by atoms with Gasteiger partial charge in [-0.15, -0.1) is 0 Å². The van der Waals surface area contributed by atoms with Crippen LogP contribution in [-0.2, 0) is 10.0 Å². The molecule has 0 spiro atoms.